The van der Waals surface area contributed by atoms with E-state index < -0.39 is 24.8 Å². The molecule has 0 spiro atoms. The van der Waals surface area contributed by atoms with Crippen LogP contribution in [0.3, 0.4) is 0 Å². The third-order valence-electron chi connectivity index (χ3n) is 3.70. The summed E-state index contributed by atoms with van der Waals surface area (Å²) < 4.78 is 38.1. The van der Waals surface area contributed by atoms with Crippen molar-refractivity contribution < 1.29 is 27.9 Å². The number of ether oxygens (including phenoxy) is 2. The van der Waals surface area contributed by atoms with Crippen LogP contribution in [0.5, 0.6) is 5.75 Å². The molecule has 1 unspecified atom stereocenters. The molecule has 0 saturated carbocycles. The first-order valence-electron chi connectivity index (χ1n) is 7.54. The molecule has 1 aromatic rings. The van der Waals surface area contributed by atoms with Gasteiger partial charge in [-0.05, 0) is 29.2 Å². The molecule has 1 aliphatic rings. The number of alkyl halides is 2. The van der Waals surface area contributed by atoms with E-state index in [1.54, 1.807) is 12.1 Å². The van der Waals surface area contributed by atoms with Crippen LogP contribution >= 0.6 is 11.6 Å². The summed E-state index contributed by atoms with van der Waals surface area (Å²) in [5.74, 6) is 0.703. The average molecular weight is 376 g/mol. The minimum atomic E-state index is -3.31. The highest BCUT2D eigenvalue weighted by Gasteiger charge is 2.44. The smallest absolute Gasteiger partial charge is 0.340 e. The van der Waals surface area contributed by atoms with Gasteiger partial charge in [0, 0.05) is 17.5 Å². The minimum Gasteiger partial charge on any atom is -0.478 e. The van der Waals surface area contributed by atoms with Crippen LogP contribution in [0.1, 0.15) is 38.8 Å². The molecule has 8 heteroatoms. The van der Waals surface area contributed by atoms with Gasteiger partial charge in [0.25, 0.3) is 5.92 Å². The van der Waals surface area contributed by atoms with Crippen LogP contribution in [0, 0.1) is 0 Å². The van der Waals surface area contributed by atoms with E-state index in [-0.39, 0.29) is 16.7 Å². The zero-order chi connectivity index (χ0) is 19.0. The Hall–Kier alpha value is -1.70. The molecule has 0 aliphatic carbocycles. The molecule has 1 heterocycles. The lowest BCUT2D eigenvalue weighted by Gasteiger charge is -2.31. The molecular weight excluding hydrogens is 356 g/mol. The lowest BCUT2D eigenvalue weighted by atomic mass is 9.85. The molecule has 1 aromatic carbocycles. The second kappa shape index (κ2) is 6.90. The first-order valence-corrected chi connectivity index (χ1v) is 7.92. The van der Waals surface area contributed by atoms with Crippen LogP contribution in [-0.4, -0.2) is 24.8 Å². The maximum absolute atomic E-state index is 14.0. The number of nitrogens with two attached hydrogens (primary N) is 1. The van der Waals surface area contributed by atoms with Crippen LogP contribution < -0.4 is 10.6 Å². The van der Waals surface area contributed by atoms with Crippen molar-refractivity contribution >= 4 is 23.6 Å². The monoisotopic (exact) mass is 375 g/mol. The number of fused-ring (bicyclic) bond motifs is 1. The molecule has 0 radical (unpaired) electrons. The first-order chi connectivity index (χ1) is 11.4. The Kier molecular flexibility index (Phi) is 5.41. The number of benzene rings is 1. The van der Waals surface area contributed by atoms with Crippen molar-refractivity contribution in [3.63, 3.8) is 0 Å². The van der Waals surface area contributed by atoms with Gasteiger partial charge in [0.05, 0.1) is 5.57 Å². The topological polar surface area (TPSA) is 70.8 Å². The molecule has 0 saturated heterocycles. The summed E-state index contributed by atoms with van der Waals surface area (Å²) in [5.41, 5.74) is 0.527. The van der Waals surface area contributed by atoms with E-state index in [0.717, 1.165) is 5.56 Å². The van der Waals surface area contributed by atoms with Gasteiger partial charge in [0.15, 0.2) is 6.10 Å². The zero-order valence-electron chi connectivity index (χ0n) is 14.4. The van der Waals surface area contributed by atoms with Crippen molar-refractivity contribution in [1.29, 1.82) is 0 Å². The van der Waals surface area contributed by atoms with Gasteiger partial charge in [-0.2, -0.15) is 0 Å². The van der Waals surface area contributed by atoms with E-state index in [1.807, 2.05) is 20.8 Å². The number of hydrogen-bond acceptors (Lipinski definition) is 5. The molecule has 138 valence electrons. The summed E-state index contributed by atoms with van der Waals surface area (Å²) in [4.78, 5) is 16.2. The van der Waals surface area contributed by atoms with Crippen LogP contribution in [0.2, 0.25) is 5.02 Å². The SMILES string of the molecule is CC(C)(C)c1cc2c(cc1Cl)C=C(C(=O)OCON)C(C(C)(F)F)O2. The summed E-state index contributed by atoms with van der Waals surface area (Å²) in [6.07, 6.45) is -0.503. The van der Waals surface area contributed by atoms with E-state index in [2.05, 4.69) is 9.57 Å². The van der Waals surface area contributed by atoms with Gasteiger partial charge >= 0.3 is 5.97 Å². The summed E-state index contributed by atoms with van der Waals surface area (Å²) in [6, 6.07) is 3.20. The summed E-state index contributed by atoms with van der Waals surface area (Å²) in [5, 5.41) is 0.450. The molecule has 5 nitrogen and oxygen atoms in total. The molecular formula is C17H20ClF2NO4. The van der Waals surface area contributed by atoms with Crippen molar-refractivity contribution in [2.45, 2.75) is 45.1 Å². The molecule has 25 heavy (non-hydrogen) atoms. The fraction of sp³-hybridized carbons (Fsp3) is 0.471. The highest BCUT2D eigenvalue weighted by molar-refractivity contribution is 6.31. The van der Waals surface area contributed by atoms with Gasteiger partial charge in [-0.1, -0.05) is 32.4 Å². The normalized spacial score (nSPS) is 17.4. The molecule has 0 bridgehead atoms. The largest absolute Gasteiger partial charge is 0.478 e. The Morgan fingerprint density at radius 2 is 1.96 bits per heavy atom. The predicted octanol–water partition coefficient (Wildman–Crippen LogP) is 3.83. The fourth-order valence-corrected chi connectivity index (χ4v) is 2.96. The van der Waals surface area contributed by atoms with E-state index in [9.17, 15) is 13.6 Å². The van der Waals surface area contributed by atoms with Crippen LogP contribution in [0.25, 0.3) is 6.08 Å². The van der Waals surface area contributed by atoms with Gasteiger partial charge in [-0.15, -0.1) is 0 Å². The fourth-order valence-electron chi connectivity index (χ4n) is 2.51. The first kappa shape index (κ1) is 19.6. The van der Waals surface area contributed by atoms with E-state index in [0.29, 0.717) is 17.5 Å². The second-order valence-corrected chi connectivity index (χ2v) is 7.30. The highest BCUT2D eigenvalue weighted by atomic mass is 35.5. The minimum absolute atomic E-state index is 0.229. The van der Waals surface area contributed by atoms with Gasteiger partial charge < -0.3 is 9.47 Å². The zero-order valence-corrected chi connectivity index (χ0v) is 15.1. The number of carbonyl (C=O) groups excluding carboxylic acids is 1. The van der Waals surface area contributed by atoms with Gasteiger partial charge in [-0.3, -0.25) is 4.84 Å². The van der Waals surface area contributed by atoms with Crippen molar-refractivity contribution in [3.05, 3.63) is 33.9 Å². The molecule has 1 atom stereocenters. The van der Waals surface area contributed by atoms with E-state index in [4.69, 9.17) is 22.2 Å². The molecule has 2 N–H and O–H groups in total. The van der Waals surface area contributed by atoms with Crippen molar-refractivity contribution in [2.75, 3.05) is 6.79 Å². The van der Waals surface area contributed by atoms with Gasteiger partial charge in [-0.25, -0.2) is 19.5 Å². The maximum Gasteiger partial charge on any atom is 0.340 e. The number of carbonyl (C=O) groups is 1. The third kappa shape index (κ3) is 4.29. The molecule has 0 aromatic heterocycles. The van der Waals surface area contributed by atoms with Crippen LogP contribution in [0.15, 0.2) is 17.7 Å². The molecule has 1 aliphatic heterocycles. The Labute approximate surface area is 149 Å². The second-order valence-electron chi connectivity index (χ2n) is 6.89. The van der Waals surface area contributed by atoms with E-state index >= 15 is 0 Å². The molecule has 0 amide bonds. The van der Waals surface area contributed by atoms with Gasteiger partial charge in [0.1, 0.15) is 5.75 Å². The van der Waals surface area contributed by atoms with Crippen LogP contribution in [-0.2, 0) is 19.8 Å². The van der Waals surface area contributed by atoms with E-state index in [1.165, 1.54) is 6.08 Å². The average Bonchev–Trinajstić information content (AvgIpc) is 2.48. The van der Waals surface area contributed by atoms with Crippen molar-refractivity contribution in [2.24, 2.45) is 5.90 Å². The number of halogens is 3. The predicted molar refractivity (Wildman–Crippen MR) is 89.4 cm³/mol. The quantitative estimate of drug-likeness (QED) is 0.492. The van der Waals surface area contributed by atoms with Crippen LogP contribution in [0.4, 0.5) is 8.78 Å². The Bertz CT molecular complexity index is 708. The number of rotatable bonds is 4. The maximum atomic E-state index is 14.0. The Morgan fingerprint density at radius 1 is 1.32 bits per heavy atom. The summed E-state index contributed by atoms with van der Waals surface area (Å²) >= 11 is 6.30. The third-order valence-corrected chi connectivity index (χ3v) is 4.01. The lowest BCUT2D eigenvalue weighted by molar-refractivity contribution is -0.155. The highest BCUT2D eigenvalue weighted by Crippen LogP contribution is 2.41. The molecule has 0 fully saturated rings. The molecule has 2 rings (SSSR count). The lowest BCUT2D eigenvalue weighted by Crippen LogP contribution is -2.41. The summed E-state index contributed by atoms with van der Waals surface area (Å²) in [7, 11) is 0. The van der Waals surface area contributed by atoms with Gasteiger partial charge in [0.2, 0.25) is 6.79 Å². The van der Waals surface area contributed by atoms with Crippen molar-refractivity contribution in [3.8, 4) is 5.75 Å². The Morgan fingerprint density at radius 3 is 2.48 bits per heavy atom. The summed E-state index contributed by atoms with van der Waals surface area (Å²) in [6.45, 7) is 5.95. The Balaban J connectivity index is 2.53. The standard InChI is InChI=1S/C17H20ClF2NO4/c1-16(2,3)11-7-13-9(6-12(11)18)5-10(15(22)23-8-24-21)14(25-13)17(4,19)20/h5-7,14H,8,21H2,1-4H3. The number of esters is 1. The van der Waals surface area contributed by atoms with Crippen molar-refractivity contribution in [1.82, 2.24) is 0 Å². The number of hydrogen-bond donors (Lipinski definition) is 1.